The summed E-state index contributed by atoms with van der Waals surface area (Å²) in [4.78, 5) is 30.6. The van der Waals surface area contributed by atoms with Crippen LogP contribution in [-0.2, 0) is 16.1 Å². The molecule has 2 heterocycles. The highest BCUT2D eigenvalue weighted by Gasteiger charge is 2.41. The Bertz CT molecular complexity index is 1150. The van der Waals surface area contributed by atoms with Crippen LogP contribution >= 0.6 is 11.6 Å². The van der Waals surface area contributed by atoms with E-state index >= 15 is 0 Å². The number of piperidine rings is 1. The lowest BCUT2D eigenvalue weighted by atomic mass is 9.89. The molecule has 5 rings (SSSR count). The van der Waals surface area contributed by atoms with Gasteiger partial charge in [-0.05, 0) is 87.0 Å². The lowest BCUT2D eigenvalue weighted by molar-refractivity contribution is -0.149. The van der Waals surface area contributed by atoms with E-state index in [-0.39, 0.29) is 24.0 Å². The Labute approximate surface area is 231 Å². The Hall–Kier alpha value is -2.83. The van der Waals surface area contributed by atoms with Crippen LogP contribution in [0, 0.1) is 0 Å². The van der Waals surface area contributed by atoms with Crippen LogP contribution in [0.15, 0.2) is 54.3 Å². The number of morpholine rings is 1. The number of rotatable bonds is 7. The van der Waals surface area contributed by atoms with Gasteiger partial charge < -0.3 is 15.0 Å². The molecule has 0 aromatic heterocycles. The molecule has 0 radical (unpaired) electrons. The van der Waals surface area contributed by atoms with Gasteiger partial charge in [0.1, 0.15) is 6.10 Å². The van der Waals surface area contributed by atoms with Crippen molar-refractivity contribution in [1.29, 1.82) is 0 Å². The van der Waals surface area contributed by atoms with Gasteiger partial charge in [0.15, 0.2) is 5.76 Å². The first-order valence-corrected chi connectivity index (χ1v) is 14.4. The molecule has 1 aliphatic carbocycles. The standard InChI is InChI=1S/C31H38ClN3O3/c1-22-6-4-5-18-34(22)19-17-33-30(36)25-13-9-23(10-14-25)20-29-31(37)35(21-24-11-15-26(32)16-12-24)27-7-2-3-8-28(27)38-29/h9-16,20,22,27-28H,2-8,17-19,21H2,1H3,(H,33,36)/b29-20-. The molecule has 0 spiro atoms. The Morgan fingerprint density at radius 2 is 1.76 bits per heavy atom. The lowest BCUT2D eigenvalue weighted by Crippen LogP contribution is -2.54. The molecular formula is C31H38ClN3O3. The van der Waals surface area contributed by atoms with Crippen LogP contribution in [0.25, 0.3) is 6.08 Å². The summed E-state index contributed by atoms with van der Waals surface area (Å²) in [5, 5.41) is 3.74. The zero-order valence-electron chi connectivity index (χ0n) is 22.2. The van der Waals surface area contributed by atoms with Crippen LogP contribution in [-0.4, -0.2) is 59.4 Å². The van der Waals surface area contributed by atoms with Crippen molar-refractivity contribution in [2.75, 3.05) is 19.6 Å². The Kier molecular flexibility index (Phi) is 8.70. The van der Waals surface area contributed by atoms with Crippen LogP contribution in [0.4, 0.5) is 0 Å². The van der Waals surface area contributed by atoms with E-state index in [0.29, 0.717) is 35.5 Å². The van der Waals surface area contributed by atoms with Gasteiger partial charge in [0.25, 0.3) is 11.8 Å². The Morgan fingerprint density at radius 3 is 2.53 bits per heavy atom. The summed E-state index contributed by atoms with van der Waals surface area (Å²) in [6.45, 7) is 5.43. The van der Waals surface area contributed by atoms with Crippen molar-refractivity contribution in [3.8, 4) is 0 Å². The molecule has 1 saturated carbocycles. The number of ether oxygens (including phenoxy) is 1. The van der Waals surface area contributed by atoms with E-state index in [9.17, 15) is 9.59 Å². The van der Waals surface area contributed by atoms with Gasteiger partial charge in [-0.2, -0.15) is 0 Å². The molecule has 38 heavy (non-hydrogen) atoms. The van der Waals surface area contributed by atoms with E-state index in [2.05, 4.69) is 17.1 Å². The van der Waals surface area contributed by atoms with Crippen LogP contribution in [0.2, 0.25) is 5.02 Å². The Balaban J connectivity index is 1.24. The van der Waals surface area contributed by atoms with Gasteiger partial charge in [-0.3, -0.25) is 14.5 Å². The highest BCUT2D eigenvalue weighted by atomic mass is 35.5. The van der Waals surface area contributed by atoms with E-state index in [1.165, 1.54) is 19.3 Å². The summed E-state index contributed by atoms with van der Waals surface area (Å²) in [5.74, 6) is 0.213. The fraction of sp³-hybridized carbons (Fsp3) is 0.484. The lowest BCUT2D eigenvalue weighted by Gasteiger charge is -2.44. The molecule has 1 N–H and O–H groups in total. The van der Waals surface area contributed by atoms with Crippen molar-refractivity contribution in [1.82, 2.24) is 15.1 Å². The second kappa shape index (κ2) is 12.4. The van der Waals surface area contributed by atoms with E-state index in [1.807, 2.05) is 53.4 Å². The number of likely N-dealkylation sites (tertiary alicyclic amines) is 1. The van der Waals surface area contributed by atoms with Crippen molar-refractivity contribution in [3.05, 3.63) is 76.0 Å². The number of carbonyl (C=O) groups is 2. The maximum atomic E-state index is 13.5. The quantitative estimate of drug-likeness (QED) is 0.465. The van der Waals surface area contributed by atoms with Crippen LogP contribution < -0.4 is 5.32 Å². The number of fused-ring (bicyclic) bond motifs is 1. The van der Waals surface area contributed by atoms with Gasteiger partial charge in [0, 0.05) is 36.3 Å². The first-order chi connectivity index (χ1) is 18.5. The smallest absolute Gasteiger partial charge is 0.289 e. The summed E-state index contributed by atoms with van der Waals surface area (Å²) < 4.78 is 6.26. The van der Waals surface area contributed by atoms with Crippen molar-refractivity contribution >= 4 is 29.5 Å². The number of nitrogens with zero attached hydrogens (tertiary/aromatic N) is 2. The molecule has 2 saturated heterocycles. The third-order valence-corrected chi connectivity index (χ3v) is 8.43. The van der Waals surface area contributed by atoms with Crippen molar-refractivity contribution in [2.24, 2.45) is 0 Å². The van der Waals surface area contributed by atoms with E-state index in [0.717, 1.165) is 49.9 Å². The minimum Gasteiger partial charge on any atom is -0.482 e. The second-order valence-electron chi connectivity index (χ2n) is 10.8. The zero-order chi connectivity index (χ0) is 26.5. The third-order valence-electron chi connectivity index (χ3n) is 8.18. The number of carbonyl (C=O) groups excluding carboxylic acids is 2. The predicted octanol–water partition coefficient (Wildman–Crippen LogP) is 5.66. The minimum absolute atomic E-state index is 0.00711. The first-order valence-electron chi connectivity index (χ1n) is 14.0. The van der Waals surface area contributed by atoms with Crippen molar-refractivity contribution in [3.63, 3.8) is 0 Å². The molecule has 3 aliphatic rings. The largest absolute Gasteiger partial charge is 0.482 e. The summed E-state index contributed by atoms with van der Waals surface area (Å²) >= 11 is 6.06. The molecule has 3 fully saturated rings. The molecule has 3 unspecified atom stereocenters. The molecule has 202 valence electrons. The number of nitrogens with one attached hydrogen (secondary N) is 1. The molecule has 7 heteroatoms. The van der Waals surface area contributed by atoms with Gasteiger partial charge in [0.2, 0.25) is 0 Å². The summed E-state index contributed by atoms with van der Waals surface area (Å²) in [6.07, 6.45) is 9.70. The number of hydrogen-bond donors (Lipinski definition) is 1. The van der Waals surface area contributed by atoms with E-state index in [1.54, 1.807) is 6.08 Å². The van der Waals surface area contributed by atoms with E-state index < -0.39 is 0 Å². The molecule has 2 aromatic rings. The summed E-state index contributed by atoms with van der Waals surface area (Å²) in [5.41, 5.74) is 2.51. The number of benzene rings is 2. The fourth-order valence-corrected chi connectivity index (χ4v) is 6.06. The zero-order valence-corrected chi connectivity index (χ0v) is 23.0. The molecule has 2 amide bonds. The normalized spacial score (nSPS) is 25.1. The number of hydrogen-bond acceptors (Lipinski definition) is 4. The minimum atomic E-state index is -0.0862. The van der Waals surface area contributed by atoms with Crippen molar-refractivity contribution < 1.29 is 14.3 Å². The van der Waals surface area contributed by atoms with Gasteiger partial charge in [-0.15, -0.1) is 0 Å². The summed E-state index contributed by atoms with van der Waals surface area (Å²) in [6, 6.07) is 15.7. The van der Waals surface area contributed by atoms with Crippen LogP contribution in [0.1, 0.15) is 73.4 Å². The van der Waals surface area contributed by atoms with E-state index in [4.69, 9.17) is 16.3 Å². The SMILES string of the molecule is CC1CCCCN1CCNC(=O)c1ccc(/C=C2\OC3CCCCC3N(Cc3ccc(Cl)cc3)C2=O)cc1. The fourth-order valence-electron chi connectivity index (χ4n) is 5.94. The predicted molar refractivity (Wildman–Crippen MR) is 151 cm³/mol. The maximum Gasteiger partial charge on any atom is 0.289 e. The molecule has 0 bridgehead atoms. The molecule has 3 atom stereocenters. The average Bonchev–Trinajstić information content (AvgIpc) is 2.93. The van der Waals surface area contributed by atoms with Crippen LogP contribution in [0.5, 0.6) is 0 Å². The molecular weight excluding hydrogens is 498 g/mol. The first kappa shape index (κ1) is 26.8. The molecule has 2 aliphatic heterocycles. The third kappa shape index (κ3) is 6.41. The maximum absolute atomic E-state index is 13.5. The highest BCUT2D eigenvalue weighted by molar-refractivity contribution is 6.30. The number of amides is 2. The summed E-state index contributed by atoms with van der Waals surface area (Å²) in [7, 11) is 0. The van der Waals surface area contributed by atoms with Gasteiger partial charge in [0.05, 0.1) is 6.04 Å². The molecule has 6 nitrogen and oxygen atoms in total. The number of halogens is 1. The monoisotopic (exact) mass is 535 g/mol. The highest BCUT2D eigenvalue weighted by Crippen LogP contribution is 2.34. The average molecular weight is 536 g/mol. The van der Waals surface area contributed by atoms with Gasteiger partial charge in [-0.1, -0.05) is 48.7 Å². The van der Waals surface area contributed by atoms with Gasteiger partial charge >= 0.3 is 0 Å². The van der Waals surface area contributed by atoms with Crippen LogP contribution in [0.3, 0.4) is 0 Å². The van der Waals surface area contributed by atoms with Crippen molar-refractivity contribution in [2.45, 2.75) is 76.6 Å². The second-order valence-corrected chi connectivity index (χ2v) is 11.3. The topological polar surface area (TPSA) is 61.9 Å². The Morgan fingerprint density at radius 1 is 1.03 bits per heavy atom. The van der Waals surface area contributed by atoms with Gasteiger partial charge in [-0.25, -0.2) is 0 Å². The molecule has 2 aromatic carbocycles.